The molecule has 10 heteroatoms. The molecule has 142 valence electrons. The van der Waals surface area contributed by atoms with Crippen molar-refractivity contribution in [3.63, 3.8) is 0 Å². The summed E-state index contributed by atoms with van der Waals surface area (Å²) in [5.74, 6) is -1.59. The summed E-state index contributed by atoms with van der Waals surface area (Å²) in [6, 6.07) is 15.5. The van der Waals surface area contributed by atoms with Gasteiger partial charge in [0.25, 0.3) is 5.69 Å². The van der Waals surface area contributed by atoms with Gasteiger partial charge in [-0.2, -0.15) is 0 Å². The van der Waals surface area contributed by atoms with Gasteiger partial charge in [-0.05, 0) is 16.9 Å². The van der Waals surface area contributed by atoms with Crippen molar-refractivity contribution in [1.29, 1.82) is 0 Å². The van der Waals surface area contributed by atoms with Gasteiger partial charge >= 0.3 is 7.12 Å². The number of amides is 2. The lowest BCUT2D eigenvalue weighted by Crippen LogP contribution is -2.29. The zero-order chi connectivity index (χ0) is 20.8. The highest BCUT2D eigenvalue weighted by Gasteiger charge is 2.18. The van der Waals surface area contributed by atoms with Crippen molar-refractivity contribution >= 4 is 40.9 Å². The van der Waals surface area contributed by atoms with Crippen LogP contribution in [0.4, 0.5) is 5.69 Å². The Morgan fingerprint density at radius 3 is 1.96 bits per heavy atom. The van der Waals surface area contributed by atoms with Crippen molar-refractivity contribution in [2.45, 2.75) is 0 Å². The fourth-order valence-corrected chi connectivity index (χ4v) is 2.54. The molecular formula is C18H16BN3O6. The number of nitrogens with two attached hydrogens (primary N) is 2. The van der Waals surface area contributed by atoms with E-state index in [4.69, 9.17) is 21.5 Å². The number of fused-ring (bicyclic) bond motifs is 1. The minimum Gasteiger partial charge on any atom is -0.423 e. The van der Waals surface area contributed by atoms with E-state index in [0.29, 0.717) is 10.8 Å². The van der Waals surface area contributed by atoms with Crippen LogP contribution < -0.4 is 16.9 Å². The molecule has 0 fully saturated rings. The molecule has 0 aromatic heterocycles. The van der Waals surface area contributed by atoms with E-state index in [9.17, 15) is 19.7 Å². The molecule has 0 saturated heterocycles. The second kappa shape index (κ2) is 8.76. The number of nitro groups is 1. The Morgan fingerprint density at radius 2 is 1.50 bits per heavy atom. The molecule has 0 spiro atoms. The molecule has 0 aliphatic carbocycles. The van der Waals surface area contributed by atoms with Crippen molar-refractivity contribution in [1.82, 2.24) is 0 Å². The van der Waals surface area contributed by atoms with Crippen LogP contribution in [0.3, 0.4) is 0 Å². The molecule has 6 N–H and O–H groups in total. The predicted octanol–water partition coefficient (Wildman–Crippen LogP) is 0.312. The number of non-ortho nitro benzene ring substituents is 1. The standard InChI is InChI=1S/C12H9N3O4.C6H7BO2/c13-11(16)8-3-1-2-6-4-7(15(18)19)5-9(10(6)8)12(14)17;8-7(9)6-4-2-1-3-5-6/h1-5H,(H2,13,16)(H2,14,17);1-5,8-9H. The van der Waals surface area contributed by atoms with Crippen molar-refractivity contribution in [3.8, 4) is 0 Å². The highest BCUT2D eigenvalue weighted by atomic mass is 16.6. The van der Waals surface area contributed by atoms with Crippen LogP contribution in [0, 0.1) is 10.1 Å². The number of hydrogen-bond donors (Lipinski definition) is 4. The van der Waals surface area contributed by atoms with Crippen molar-refractivity contribution in [3.05, 3.63) is 81.9 Å². The van der Waals surface area contributed by atoms with Crippen LogP contribution in [-0.2, 0) is 0 Å². The highest BCUT2D eigenvalue weighted by molar-refractivity contribution is 6.58. The summed E-state index contributed by atoms with van der Waals surface area (Å²) >= 11 is 0. The molecular weight excluding hydrogens is 365 g/mol. The third-order valence-electron chi connectivity index (χ3n) is 3.80. The van der Waals surface area contributed by atoms with Crippen LogP contribution in [-0.4, -0.2) is 33.9 Å². The van der Waals surface area contributed by atoms with E-state index in [0.717, 1.165) is 6.07 Å². The SMILES string of the molecule is NC(=O)c1cccc2cc([N+](=O)[O-])cc(C(N)=O)c12.OB(O)c1ccccc1. The van der Waals surface area contributed by atoms with Crippen LogP contribution in [0.25, 0.3) is 10.8 Å². The van der Waals surface area contributed by atoms with Crippen LogP contribution in [0.5, 0.6) is 0 Å². The van der Waals surface area contributed by atoms with Gasteiger partial charge in [-0.3, -0.25) is 19.7 Å². The average Bonchev–Trinajstić information content (AvgIpc) is 2.67. The summed E-state index contributed by atoms with van der Waals surface area (Å²) in [6.45, 7) is 0. The van der Waals surface area contributed by atoms with Crippen LogP contribution in [0.2, 0.25) is 0 Å². The first kappa shape index (κ1) is 20.6. The van der Waals surface area contributed by atoms with E-state index in [1.807, 2.05) is 6.07 Å². The third-order valence-corrected chi connectivity index (χ3v) is 3.80. The maximum Gasteiger partial charge on any atom is 0.488 e. The molecule has 2 amide bonds. The number of hydrogen-bond acceptors (Lipinski definition) is 6. The largest absolute Gasteiger partial charge is 0.488 e. The second-order valence-corrected chi connectivity index (χ2v) is 5.67. The van der Waals surface area contributed by atoms with E-state index in [-0.39, 0.29) is 22.2 Å². The number of nitro benzene ring substituents is 1. The summed E-state index contributed by atoms with van der Waals surface area (Å²) in [6.07, 6.45) is 0. The van der Waals surface area contributed by atoms with Crippen molar-refractivity contribution < 1.29 is 24.6 Å². The third kappa shape index (κ3) is 4.69. The lowest BCUT2D eigenvalue weighted by Gasteiger charge is -2.07. The van der Waals surface area contributed by atoms with Crippen molar-refractivity contribution in [2.24, 2.45) is 11.5 Å². The van der Waals surface area contributed by atoms with E-state index in [2.05, 4.69) is 0 Å². The average molecular weight is 381 g/mol. The Balaban J connectivity index is 0.000000261. The topological polar surface area (TPSA) is 170 Å². The molecule has 3 aromatic carbocycles. The zero-order valence-electron chi connectivity index (χ0n) is 14.5. The van der Waals surface area contributed by atoms with Gasteiger partial charge in [0.05, 0.1) is 10.5 Å². The lowest BCUT2D eigenvalue weighted by molar-refractivity contribution is -0.384. The summed E-state index contributed by atoms with van der Waals surface area (Å²) < 4.78 is 0. The number of nitrogens with zero attached hydrogens (tertiary/aromatic N) is 1. The molecule has 0 aliphatic heterocycles. The minimum absolute atomic E-state index is 0.0983. The molecule has 9 nitrogen and oxygen atoms in total. The maximum atomic E-state index is 11.4. The summed E-state index contributed by atoms with van der Waals surface area (Å²) in [4.78, 5) is 32.9. The van der Waals surface area contributed by atoms with Gasteiger partial charge in [0.2, 0.25) is 11.8 Å². The first-order valence-corrected chi connectivity index (χ1v) is 7.94. The summed E-state index contributed by atoms with van der Waals surface area (Å²) in [5, 5.41) is 28.5. The van der Waals surface area contributed by atoms with Crippen LogP contribution in [0.15, 0.2) is 60.7 Å². The first-order chi connectivity index (χ1) is 13.2. The number of rotatable bonds is 4. The van der Waals surface area contributed by atoms with E-state index in [1.54, 1.807) is 30.3 Å². The fourth-order valence-electron chi connectivity index (χ4n) is 2.54. The molecule has 0 unspecified atom stereocenters. The molecule has 28 heavy (non-hydrogen) atoms. The van der Waals surface area contributed by atoms with E-state index < -0.39 is 23.9 Å². The lowest BCUT2D eigenvalue weighted by atomic mass is 9.81. The van der Waals surface area contributed by atoms with Crippen LogP contribution in [0.1, 0.15) is 20.7 Å². The number of primary amides is 2. The van der Waals surface area contributed by atoms with Gasteiger partial charge in [0.1, 0.15) is 0 Å². The molecule has 0 saturated carbocycles. The summed E-state index contributed by atoms with van der Waals surface area (Å²) in [7, 11) is -1.34. The van der Waals surface area contributed by atoms with Gasteiger partial charge in [0.15, 0.2) is 0 Å². The first-order valence-electron chi connectivity index (χ1n) is 7.94. The Kier molecular flexibility index (Phi) is 6.43. The predicted molar refractivity (Wildman–Crippen MR) is 104 cm³/mol. The number of benzene rings is 3. The second-order valence-electron chi connectivity index (χ2n) is 5.67. The molecule has 0 bridgehead atoms. The van der Waals surface area contributed by atoms with E-state index in [1.165, 1.54) is 18.2 Å². The van der Waals surface area contributed by atoms with Crippen molar-refractivity contribution in [2.75, 3.05) is 0 Å². The molecule has 3 rings (SSSR count). The molecule has 0 aliphatic rings. The quantitative estimate of drug-likeness (QED) is 0.288. The van der Waals surface area contributed by atoms with E-state index >= 15 is 0 Å². The number of carbonyl (C=O) groups excluding carboxylic acids is 2. The van der Waals surface area contributed by atoms with Gasteiger partial charge < -0.3 is 21.5 Å². The van der Waals surface area contributed by atoms with Crippen LogP contribution >= 0.6 is 0 Å². The minimum atomic E-state index is -1.34. The highest BCUT2D eigenvalue weighted by Crippen LogP contribution is 2.28. The Hall–Kier alpha value is -3.76. The monoisotopic (exact) mass is 381 g/mol. The normalized spacial score (nSPS) is 9.93. The molecule has 3 aromatic rings. The number of carbonyl (C=O) groups is 2. The maximum absolute atomic E-state index is 11.4. The van der Waals surface area contributed by atoms with Gasteiger partial charge in [-0.15, -0.1) is 0 Å². The molecule has 0 atom stereocenters. The Morgan fingerprint density at radius 1 is 0.893 bits per heavy atom. The van der Waals surface area contributed by atoms with Gasteiger partial charge in [-0.25, -0.2) is 0 Å². The molecule has 0 radical (unpaired) electrons. The molecule has 0 heterocycles. The summed E-state index contributed by atoms with van der Waals surface area (Å²) in [5.41, 5.74) is 10.7. The zero-order valence-corrected chi connectivity index (χ0v) is 14.5. The Labute approximate surface area is 159 Å². The van der Waals surface area contributed by atoms with Gasteiger partial charge in [-0.1, -0.05) is 42.5 Å². The Bertz CT molecular complexity index is 1040. The smallest absolute Gasteiger partial charge is 0.423 e. The fraction of sp³-hybridized carbons (Fsp3) is 0. The van der Waals surface area contributed by atoms with Gasteiger partial charge in [0, 0.05) is 23.1 Å².